The molecule has 15 aromatic rings. The zero-order valence-electron chi connectivity index (χ0n) is 87.0. The van der Waals surface area contributed by atoms with Crippen molar-refractivity contribution in [1.29, 1.82) is 0 Å². The highest BCUT2D eigenvalue weighted by atomic mass is 79.9. The van der Waals surface area contributed by atoms with Crippen molar-refractivity contribution in [3.05, 3.63) is 374 Å². The predicted molar refractivity (Wildman–Crippen MR) is 572 cm³/mol. The zero-order valence-corrected chi connectivity index (χ0v) is 88.6. The summed E-state index contributed by atoms with van der Waals surface area (Å²) in [7, 11) is 13.7. The number of pyridine rings is 1. The van der Waals surface area contributed by atoms with Crippen LogP contribution in [0.2, 0.25) is 0 Å². The molecule has 0 aliphatic heterocycles. The summed E-state index contributed by atoms with van der Waals surface area (Å²) in [5, 5.41) is 21.2. The summed E-state index contributed by atoms with van der Waals surface area (Å²) in [6.07, 6.45) is -2.11. The number of aryl methyl sites for hydroxylation is 15. The molecule has 4 fully saturated rings. The van der Waals surface area contributed by atoms with Crippen LogP contribution in [0.25, 0.3) is 79.9 Å². The van der Waals surface area contributed by atoms with E-state index < -0.39 is 40.1 Å². The SMILES string of the molecule is [C-]#[N+]C(C)(C)c1ccc(N(C)c2cc(-c3c(C)nn(C)c3C)ccc2C)cc1.[C-]#[N+]C1(c2ccc(N(C)c3cc(-c4c(C)nn(C)c4C)ccc3C)cc2)CC1.[C-]#[N+]C1(c2ccc(N(C)c3cc(-c4c(C)noc4C)ccc3C)cc2Br)CC1.[C-]#[N+]C1(c2ccc(N(C)c3cc(-c4c(C)noc4C)ccc3C)cc2C(F)(F)F)CC1.[C-]#[N+]C1(c2ncc(N(C)c3cc(-c4c(C)noc4C)ccc3C)cc2C(F)(F)F)CC1. The van der Waals surface area contributed by atoms with Gasteiger partial charge in [0.1, 0.15) is 23.0 Å². The smallest absolute Gasteiger partial charge is 0.361 e. The van der Waals surface area contributed by atoms with Gasteiger partial charge in [-0.3, -0.25) is 9.36 Å². The van der Waals surface area contributed by atoms with Gasteiger partial charge in [-0.05, 0) is 281 Å². The van der Waals surface area contributed by atoms with Crippen molar-refractivity contribution in [3.8, 4) is 55.6 Å². The molecule has 0 radical (unpaired) electrons. The van der Waals surface area contributed by atoms with Gasteiger partial charge in [-0.1, -0.05) is 92.1 Å². The molecule has 0 spiro atoms. The van der Waals surface area contributed by atoms with E-state index in [0.717, 1.165) is 178 Å². The Morgan fingerprint density at radius 2 is 0.644 bits per heavy atom. The molecule has 6 heterocycles. The van der Waals surface area contributed by atoms with Crippen molar-refractivity contribution in [3.63, 3.8) is 0 Å². The van der Waals surface area contributed by atoms with Crippen LogP contribution < -0.4 is 24.5 Å². The molecule has 19 rings (SSSR count). The maximum absolute atomic E-state index is 13.9. The topological polar surface area (TPSA) is 165 Å². The van der Waals surface area contributed by atoms with E-state index in [1.807, 2.05) is 129 Å². The van der Waals surface area contributed by atoms with Gasteiger partial charge >= 0.3 is 12.4 Å². The van der Waals surface area contributed by atoms with Crippen LogP contribution in [0.15, 0.2) is 206 Å². The lowest BCUT2D eigenvalue weighted by Gasteiger charge is -2.24. The monoisotopic (exact) mass is 2030 g/mol. The molecule has 0 amide bonds. The van der Waals surface area contributed by atoms with Crippen molar-refractivity contribution < 1.29 is 39.9 Å². The molecule has 9 aromatic carbocycles. The number of alkyl halides is 6. The Kier molecular flexibility index (Phi) is 29.3. The predicted octanol–water partition coefficient (Wildman–Crippen LogP) is 31.6. The molecule has 0 N–H and O–H groups in total. The van der Waals surface area contributed by atoms with E-state index in [1.54, 1.807) is 30.0 Å². The summed E-state index contributed by atoms with van der Waals surface area (Å²) in [6, 6.07) is 59.7. The first kappa shape index (κ1) is 105. The molecule has 6 aromatic heterocycles. The van der Waals surface area contributed by atoms with Crippen molar-refractivity contribution in [2.45, 2.75) is 209 Å². The van der Waals surface area contributed by atoms with Gasteiger partial charge in [-0.15, -0.1) is 0 Å². The Morgan fingerprint density at radius 3 is 0.945 bits per heavy atom. The van der Waals surface area contributed by atoms with E-state index in [9.17, 15) is 26.3 Å². The lowest BCUT2D eigenvalue weighted by atomic mass is 9.95. The molecule has 0 bridgehead atoms. The summed E-state index contributed by atoms with van der Waals surface area (Å²) in [5.74, 6) is 2.19. The fourth-order valence-corrected chi connectivity index (χ4v) is 20.2. The van der Waals surface area contributed by atoms with Crippen LogP contribution in [-0.2, 0) is 54.1 Å². The van der Waals surface area contributed by atoms with Crippen LogP contribution in [0, 0.1) is 137 Å². The molecule has 4 saturated carbocycles. The summed E-state index contributed by atoms with van der Waals surface area (Å²) >= 11 is 3.70. The highest BCUT2D eigenvalue weighted by molar-refractivity contribution is 9.10. The van der Waals surface area contributed by atoms with E-state index in [1.165, 1.54) is 68.3 Å². The zero-order chi connectivity index (χ0) is 106. The number of rotatable bonds is 20. The minimum absolute atomic E-state index is 0.0772. The van der Waals surface area contributed by atoms with Gasteiger partial charge in [0, 0.05) is 226 Å². The Bertz CT molecular complexity index is 7340. The first-order valence-corrected chi connectivity index (χ1v) is 49.1. The van der Waals surface area contributed by atoms with Crippen molar-refractivity contribution >= 4 is 72.8 Å². The van der Waals surface area contributed by atoms with Crippen LogP contribution in [0.5, 0.6) is 0 Å². The number of hydrogen-bond acceptors (Lipinski definition) is 14. The van der Waals surface area contributed by atoms with Gasteiger partial charge in [-0.25, -0.2) is 37.8 Å². The quantitative estimate of drug-likeness (QED) is 0.0523. The van der Waals surface area contributed by atoms with E-state index in [4.69, 9.17) is 46.4 Å². The maximum atomic E-state index is 13.9. The lowest BCUT2D eigenvalue weighted by Crippen LogP contribution is -2.19. The van der Waals surface area contributed by atoms with Gasteiger partial charge in [0.15, 0.2) is 0 Å². The number of anilines is 10. The third-order valence-electron chi connectivity index (χ3n) is 29.2. The van der Waals surface area contributed by atoms with E-state index >= 15 is 0 Å². The van der Waals surface area contributed by atoms with Crippen LogP contribution in [-0.4, -0.2) is 75.3 Å². The van der Waals surface area contributed by atoms with Crippen LogP contribution >= 0.6 is 15.9 Å². The average Bonchev–Trinajstić information content (AvgIpc) is 1.58. The van der Waals surface area contributed by atoms with E-state index in [-0.39, 0.29) is 22.3 Å². The summed E-state index contributed by atoms with van der Waals surface area (Å²) < 4.78 is 104. The van der Waals surface area contributed by atoms with Gasteiger partial charge < -0.3 is 62.3 Å². The minimum atomic E-state index is -4.59. The van der Waals surface area contributed by atoms with Gasteiger partial charge in [0.05, 0.1) is 57.0 Å². The molecule has 4 aliphatic rings. The third-order valence-corrected chi connectivity index (χ3v) is 29.9. The first-order valence-electron chi connectivity index (χ1n) is 48.3. The molecule has 0 unspecified atom stereocenters. The van der Waals surface area contributed by atoms with E-state index in [2.05, 4.69) is 276 Å². The Morgan fingerprint density at radius 1 is 0.342 bits per heavy atom. The Labute approximate surface area is 859 Å². The second-order valence-corrected chi connectivity index (χ2v) is 40.4. The van der Waals surface area contributed by atoms with Crippen molar-refractivity contribution in [1.82, 2.24) is 40.0 Å². The number of benzene rings is 9. The first-order chi connectivity index (χ1) is 69.0. The molecule has 748 valence electrons. The third kappa shape index (κ3) is 20.9. The number of aromatic nitrogens is 8. The van der Waals surface area contributed by atoms with E-state index in [0.29, 0.717) is 48.6 Å². The normalized spacial score (nSPS) is 14.1. The molecular formula is C118H119BrF6N18O3. The van der Waals surface area contributed by atoms with Crippen LogP contribution in [0.3, 0.4) is 0 Å². The molecule has 21 nitrogen and oxygen atoms in total. The molecule has 0 atom stereocenters. The number of nitrogens with zero attached hydrogens (tertiary/aromatic N) is 18. The van der Waals surface area contributed by atoms with Gasteiger partial charge in [0.25, 0.3) is 27.7 Å². The minimum Gasteiger partial charge on any atom is -0.361 e. The molecule has 28 heteroatoms. The number of hydrogen-bond donors (Lipinski definition) is 0. The largest absolute Gasteiger partial charge is 0.418 e. The Balaban J connectivity index is 0.000000137. The Hall–Kier alpha value is -15.3. The maximum Gasteiger partial charge on any atom is 0.418 e. The molecular weight excluding hydrogens is 1910 g/mol. The highest BCUT2D eigenvalue weighted by Crippen LogP contribution is 2.57. The number of halogens is 7. The lowest BCUT2D eigenvalue weighted by molar-refractivity contribution is -0.139. The van der Waals surface area contributed by atoms with Crippen molar-refractivity contribution in [2.24, 2.45) is 14.1 Å². The fraction of sp³-hybridized carbons (Fsp3) is 0.331. The second-order valence-electron chi connectivity index (χ2n) is 39.6. The van der Waals surface area contributed by atoms with Gasteiger partial charge in [-0.2, -0.15) is 36.5 Å². The highest BCUT2D eigenvalue weighted by Gasteiger charge is 2.59. The van der Waals surface area contributed by atoms with Crippen molar-refractivity contribution in [2.75, 3.05) is 59.7 Å². The van der Waals surface area contributed by atoms with Crippen LogP contribution in [0.1, 0.15) is 189 Å². The molecule has 146 heavy (non-hydrogen) atoms. The summed E-state index contributed by atoms with van der Waals surface area (Å²) in [6.45, 7) is 70.8. The summed E-state index contributed by atoms with van der Waals surface area (Å²) in [5.41, 5.74) is 30.2. The molecule has 0 saturated heterocycles. The molecule has 4 aliphatic carbocycles. The average molecular weight is 2030 g/mol. The summed E-state index contributed by atoms with van der Waals surface area (Å²) in [4.78, 5) is 32.5. The van der Waals surface area contributed by atoms with Crippen LogP contribution in [0.4, 0.5) is 83.2 Å². The van der Waals surface area contributed by atoms with Gasteiger partial charge in [0.2, 0.25) is 0 Å². The standard InChI is InChI=1S/C24H22F3N3O.C24H26N4.C24H28N4.C23H22BrN3O.C23H21F3N4O/c1-14-6-7-17(22-15(2)29-31-16(22)3)12-21(14)30(5)18-8-9-19(23(28-4)10-11-23)20(13-18)24(25,26)27;1-16-7-8-19(23-17(2)26-28(6)18(23)3)15-22(16)27(5)21-11-9-20(10-12-21)24(25-4)13-14-24;1-16-9-10-19(23-17(2)26-28(8)18(23)3)15-22(16)27(7)21-13-11-20(12-14-21)24(4,5)25-6;1-14-6-7-17(22-15(2)26-28-16(22)3)12-21(14)27(5)18-8-9-19(20(24)13-18)23(25-4)10-11-23;1-13-6-7-16(20-14(2)29-31-15(20)3)10-19(13)30(5)17-11-18(23(24,25)26)21(28-12-17)22(27-4)8-9-22/h6-9,12-13H,10-11H2,1-3,5H3;7-12,15H,13-14H2,1-3,5-6H3;9-15H,1-5,7-8H3;6-9,12-13H,10-11H2,1-3,5H3;6-7,10-12H,8-9H2,1-3,5H3. The fourth-order valence-electron chi connectivity index (χ4n) is 19.5. The second kappa shape index (κ2) is 40.7.